The lowest BCUT2D eigenvalue weighted by Crippen LogP contribution is -2.32. The predicted octanol–water partition coefficient (Wildman–Crippen LogP) is 3.75. The van der Waals surface area contributed by atoms with E-state index >= 15 is 0 Å². The summed E-state index contributed by atoms with van der Waals surface area (Å²) in [7, 11) is -1.30. The SMILES string of the molecule is C=C(SO)[Si](CC)(CC)CC. The van der Waals surface area contributed by atoms with Gasteiger partial charge in [0, 0.05) is 12.0 Å². The Morgan fingerprint density at radius 2 is 1.64 bits per heavy atom. The van der Waals surface area contributed by atoms with Gasteiger partial charge in [-0.1, -0.05) is 45.5 Å². The molecular formula is C8H18OSSi. The smallest absolute Gasteiger partial charge is 0.0962 e. The van der Waals surface area contributed by atoms with E-state index in [9.17, 15) is 0 Å². The molecule has 0 bridgehead atoms. The van der Waals surface area contributed by atoms with Gasteiger partial charge in [-0.2, -0.15) is 0 Å². The molecule has 0 aliphatic rings. The van der Waals surface area contributed by atoms with E-state index in [1.807, 2.05) is 0 Å². The minimum Gasteiger partial charge on any atom is -0.326 e. The van der Waals surface area contributed by atoms with Crippen LogP contribution < -0.4 is 0 Å². The van der Waals surface area contributed by atoms with Gasteiger partial charge in [-0.25, -0.2) is 0 Å². The Morgan fingerprint density at radius 1 is 1.27 bits per heavy atom. The second kappa shape index (κ2) is 5.01. The molecule has 1 N–H and O–H groups in total. The summed E-state index contributed by atoms with van der Waals surface area (Å²) in [5, 5.41) is 0. The fourth-order valence-electron chi connectivity index (χ4n) is 1.44. The van der Waals surface area contributed by atoms with Crippen molar-refractivity contribution >= 4 is 20.1 Å². The van der Waals surface area contributed by atoms with Crippen LogP contribution in [-0.2, 0) is 0 Å². The molecule has 0 heterocycles. The van der Waals surface area contributed by atoms with Crippen LogP contribution in [0, 0.1) is 0 Å². The molecule has 0 radical (unpaired) electrons. The molecule has 0 rings (SSSR count). The van der Waals surface area contributed by atoms with Crippen molar-refractivity contribution in [1.29, 1.82) is 0 Å². The van der Waals surface area contributed by atoms with E-state index in [0.717, 1.165) is 16.6 Å². The summed E-state index contributed by atoms with van der Waals surface area (Å²) in [5.41, 5.74) is 0. The van der Waals surface area contributed by atoms with Gasteiger partial charge in [-0.15, -0.1) is 0 Å². The van der Waals surface area contributed by atoms with Gasteiger partial charge in [0.2, 0.25) is 0 Å². The third-order valence-corrected chi connectivity index (χ3v) is 9.77. The average Bonchev–Trinajstić information content (AvgIpc) is 2.08. The van der Waals surface area contributed by atoms with Gasteiger partial charge in [0.25, 0.3) is 0 Å². The Bertz CT molecular complexity index is 124. The zero-order valence-corrected chi connectivity index (χ0v) is 9.50. The molecule has 0 saturated carbocycles. The zero-order valence-electron chi connectivity index (χ0n) is 7.68. The highest BCUT2D eigenvalue weighted by Gasteiger charge is 2.30. The lowest BCUT2D eigenvalue weighted by molar-refractivity contribution is 0.670. The van der Waals surface area contributed by atoms with Crippen molar-refractivity contribution in [1.82, 2.24) is 0 Å². The van der Waals surface area contributed by atoms with Crippen molar-refractivity contribution in [3.8, 4) is 0 Å². The molecule has 1 nitrogen and oxygen atoms in total. The van der Waals surface area contributed by atoms with Crippen molar-refractivity contribution in [2.75, 3.05) is 0 Å². The Kier molecular flexibility index (Phi) is 5.13. The summed E-state index contributed by atoms with van der Waals surface area (Å²) in [6.45, 7) is 10.6. The first kappa shape index (κ1) is 11.3. The van der Waals surface area contributed by atoms with E-state index in [-0.39, 0.29) is 0 Å². The highest BCUT2D eigenvalue weighted by atomic mass is 32.2. The molecule has 11 heavy (non-hydrogen) atoms. The second-order valence-corrected chi connectivity index (χ2v) is 9.18. The minimum atomic E-state index is -1.30. The molecule has 0 spiro atoms. The Labute approximate surface area is 75.1 Å². The summed E-state index contributed by atoms with van der Waals surface area (Å²) in [4.78, 5) is 0. The van der Waals surface area contributed by atoms with Crippen molar-refractivity contribution in [3.63, 3.8) is 0 Å². The summed E-state index contributed by atoms with van der Waals surface area (Å²) in [6.07, 6.45) is 0. The van der Waals surface area contributed by atoms with Crippen LogP contribution in [0.5, 0.6) is 0 Å². The van der Waals surface area contributed by atoms with Crippen molar-refractivity contribution in [3.05, 3.63) is 11.1 Å². The van der Waals surface area contributed by atoms with Gasteiger partial charge < -0.3 is 4.55 Å². The number of hydrogen-bond acceptors (Lipinski definition) is 2. The molecule has 66 valence electrons. The highest BCUT2D eigenvalue weighted by molar-refractivity contribution is 8.00. The fourth-order valence-corrected chi connectivity index (χ4v) is 6.19. The first-order valence-electron chi connectivity index (χ1n) is 4.17. The largest absolute Gasteiger partial charge is 0.326 e. The molecule has 0 amide bonds. The van der Waals surface area contributed by atoms with Crippen LogP contribution in [0.3, 0.4) is 0 Å². The molecule has 3 heteroatoms. The number of rotatable bonds is 5. The molecule has 0 aromatic heterocycles. The summed E-state index contributed by atoms with van der Waals surface area (Å²) < 4.78 is 9.96. The topological polar surface area (TPSA) is 20.2 Å². The molecule has 0 atom stereocenters. The lowest BCUT2D eigenvalue weighted by Gasteiger charge is -2.28. The number of hydrogen-bond donors (Lipinski definition) is 1. The van der Waals surface area contributed by atoms with Crippen molar-refractivity contribution in [2.45, 2.75) is 38.9 Å². The normalized spacial score (nSPS) is 11.6. The molecule has 0 unspecified atom stereocenters. The molecular weight excluding hydrogens is 172 g/mol. The molecule has 0 aliphatic heterocycles. The van der Waals surface area contributed by atoms with E-state index < -0.39 is 8.07 Å². The van der Waals surface area contributed by atoms with E-state index in [0.29, 0.717) is 0 Å². The van der Waals surface area contributed by atoms with E-state index in [1.54, 1.807) is 0 Å². The first-order valence-corrected chi connectivity index (χ1v) is 7.57. The first-order chi connectivity index (χ1) is 5.16. The maximum absolute atomic E-state index is 8.92. The Hall–Kier alpha value is 0.267. The second-order valence-electron chi connectivity index (χ2n) is 2.86. The monoisotopic (exact) mass is 190 g/mol. The van der Waals surface area contributed by atoms with Gasteiger partial charge in [-0.05, 0) is 4.53 Å². The predicted molar refractivity (Wildman–Crippen MR) is 56.6 cm³/mol. The molecule has 0 fully saturated rings. The van der Waals surface area contributed by atoms with Crippen molar-refractivity contribution < 1.29 is 4.55 Å². The Balaban J connectivity index is 4.39. The van der Waals surface area contributed by atoms with Gasteiger partial charge in [0.15, 0.2) is 0 Å². The maximum atomic E-state index is 8.92. The Morgan fingerprint density at radius 3 is 1.73 bits per heavy atom. The van der Waals surface area contributed by atoms with Gasteiger partial charge in [-0.3, -0.25) is 0 Å². The standard InChI is InChI=1S/C8H18OSSi/c1-5-11(6-2,7-3)8(4)10-9/h9H,4-7H2,1-3H3. The lowest BCUT2D eigenvalue weighted by atomic mass is 10.9. The van der Waals surface area contributed by atoms with E-state index in [4.69, 9.17) is 4.55 Å². The van der Waals surface area contributed by atoms with Gasteiger partial charge in [0.1, 0.15) is 0 Å². The molecule has 0 aromatic carbocycles. The van der Waals surface area contributed by atoms with Crippen LogP contribution in [0.2, 0.25) is 18.1 Å². The van der Waals surface area contributed by atoms with Crippen LogP contribution in [-0.4, -0.2) is 12.6 Å². The quantitative estimate of drug-likeness (QED) is 0.526. The third-order valence-electron chi connectivity index (χ3n) is 2.73. The van der Waals surface area contributed by atoms with E-state index in [1.165, 1.54) is 18.1 Å². The molecule has 0 aliphatic carbocycles. The molecule has 0 aromatic rings. The third kappa shape index (κ3) is 2.35. The van der Waals surface area contributed by atoms with Crippen LogP contribution in [0.25, 0.3) is 0 Å². The van der Waals surface area contributed by atoms with Crippen LogP contribution in [0.15, 0.2) is 11.1 Å². The molecule has 0 saturated heterocycles. The summed E-state index contributed by atoms with van der Waals surface area (Å²) in [5.74, 6) is 0. The maximum Gasteiger partial charge on any atom is 0.0962 e. The zero-order chi connectivity index (χ0) is 8.91. The minimum absolute atomic E-state index is 0.873. The van der Waals surface area contributed by atoms with Gasteiger partial charge in [0.05, 0.1) is 8.07 Å². The highest BCUT2D eigenvalue weighted by Crippen LogP contribution is 2.32. The van der Waals surface area contributed by atoms with Crippen LogP contribution in [0.1, 0.15) is 20.8 Å². The van der Waals surface area contributed by atoms with E-state index in [2.05, 4.69) is 27.4 Å². The van der Waals surface area contributed by atoms with Crippen molar-refractivity contribution in [2.24, 2.45) is 0 Å². The summed E-state index contributed by atoms with van der Waals surface area (Å²) >= 11 is 0.873. The average molecular weight is 190 g/mol. The van der Waals surface area contributed by atoms with Crippen LogP contribution >= 0.6 is 12.0 Å². The van der Waals surface area contributed by atoms with Crippen LogP contribution in [0.4, 0.5) is 0 Å². The summed E-state index contributed by atoms with van der Waals surface area (Å²) in [6, 6.07) is 3.60. The fraction of sp³-hybridized carbons (Fsp3) is 0.750. The van der Waals surface area contributed by atoms with Gasteiger partial charge >= 0.3 is 0 Å².